The molecular weight excluding hydrogens is 412 g/mol. The van der Waals surface area contributed by atoms with Gasteiger partial charge in [0.15, 0.2) is 14.9 Å². The topological polar surface area (TPSA) is 105 Å². The minimum atomic E-state index is -3.37. The van der Waals surface area contributed by atoms with Gasteiger partial charge in [-0.2, -0.15) is 0 Å². The maximum Gasteiger partial charge on any atom is 0.228 e. The Morgan fingerprint density at radius 1 is 1.21 bits per heavy atom. The van der Waals surface area contributed by atoms with E-state index >= 15 is 0 Å². The second kappa shape index (κ2) is 7.76. The number of aromatic amines is 1. The molecule has 1 fully saturated rings. The number of hydrogen-bond donors (Lipinski definition) is 2. The number of nitrogens with one attached hydrogen (secondary N) is 2. The highest BCUT2D eigenvalue weighted by Gasteiger charge is 2.34. The standard InChI is InChI=1S/C20H21ClN4O3S/c1-29(27,28)18-9-7-13(11-22-18)23-20(26)15-5-3-2-4-14(15)19-24-16-8-6-12(21)10-17(16)25-19/h6-11,14-15H,2-5H2,1H3,(H,23,26)(H,24,25)/t14-,15-/m1/s1. The summed E-state index contributed by atoms with van der Waals surface area (Å²) >= 11 is 6.07. The fourth-order valence-electron chi connectivity index (χ4n) is 3.86. The molecule has 1 aromatic carbocycles. The second-order valence-electron chi connectivity index (χ2n) is 7.43. The highest BCUT2D eigenvalue weighted by Crippen LogP contribution is 2.38. The van der Waals surface area contributed by atoms with E-state index in [2.05, 4.69) is 20.3 Å². The van der Waals surface area contributed by atoms with Gasteiger partial charge in [0.25, 0.3) is 0 Å². The number of rotatable bonds is 4. The van der Waals surface area contributed by atoms with Gasteiger partial charge in [-0.1, -0.05) is 24.4 Å². The maximum absolute atomic E-state index is 13.0. The van der Waals surface area contributed by atoms with E-state index < -0.39 is 9.84 Å². The van der Waals surface area contributed by atoms with Crippen molar-refractivity contribution in [1.82, 2.24) is 15.0 Å². The minimum absolute atomic E-state index is 0.0156. The van der Waals surface area contributed by atoms with E-state index in [-0.39, 0.29) is 22.8 Å². The van der Waals surface area contributed by atoms with E-state index in [0.29, 0.717) is 10.7 Å². The largest absolute Gasteiger partial charge is 0.342 e. The molecule has 9 heteroatoms. The molecule has 2 aromatic heterocycles. The van der Waals surface area contributed by atoms with Gasteiger partial charge in [-0.15, -0.1) is 0 Å². The Balaban J connectivity index is 1.55. The summed E-state index contributed by atoms with van der Waals surface area (Å²) < 4.78 is 23.1. The van der Waals surface area contributed by atoms with Crippen molar-refractivity contribution >= 4 is 44.1 Å². The Kier molecular flexibility index (Phi) is 5.31. The number of carbonyl (C=O) groups excluding carboxylic acids is 1. The molecule has 1 aliphatic rings. The number of hydrogen-bond acceptors (Lipinski definition) is 5. The zero-order valence-electron chi connectivity index (χ0n) is 15.9. The zero-order valence-corrected chi connectivity index (χ0v) is 17.4. The third-order valence-electron chi connectivity index (χ3n) is 5.30. The predicted octanol–water partition coefficient (Wildman–Crippen LogP) is 3.93. The number of benzene rings is 1. The van der Waals surface area contributed by atoms with Crippen LogP contribution in [0.5, 0.6) is 0 Å². The van der Waals surface area contributed by atoms with Crippen molar-refractivity contribution in [3.05, 3.63) is 47.4 Å². The molecule has 0 unspecified atom stereocenters. The summed E-state index contributed by atoms with van der Waals surface area (Å²) in [6, 6.07) is 8.45. The van der Waals surface area contributed by atoms with Gasteiger partial charge in [0.05, 0.1) is 22.9 Å². The van der Waals surface area contributed by atoms with Crippen molar-refractivity contribution < 1.29 is 13.2 Å². The number of aromatic nitrogens is 3. The predicted molar refractivity (Wildman–Crippen MR) is 112 cm³/mol. The van der Waals surface area contributed by atoms with Gasteiger partial charge in [0.2, 0.25) is 5.91 Å². The van der Waals surface area contributed by atoms with Crippen LogP contribution >= 0.6 is 11.6 Å². The summed E-state index contributed by atoms with van der Waals surface area (Å²) in [5.41, 5.74) is 2.16. The lowest BCUT2D eigenvalue weighted by Crippen LogP contribution is -2.31. The first-order valence-electron chi connectivity index (χ1n) is 9.43. The van der Waals surface area contributed by atoms with E-state index in [1.54, 1.807) is 12.1 Å². The number of imidazole rings is 1. The Bertz CT molecular complexity index is 1160. The van der Waals surface area contributed by atoms with E-state index in [9.17, 15) is 13.2 Å². The summed E-state index contributed by atoms with van der Waals surface area (Å²) in [6.45, 7) is 0. The first-order valence-corrected chi connectivity index (χ1v) is 11.7. The van der Waals surface area contributed by atoms with Gasteiger partial charge < -0.3 is 10.3 Å². The summed E-state index contributed by atoms with van der Waals surface area (Å²) in [7, 11) is -3.37. The fourth-order valence-corrected chi connectivity index (χ4v) is 4.59. The Morgan fingerprint density at radius 2 is 2.00 bits per heavy atom. The molecule has 1 saturated carbocycles. The van der Waals surface area contributed by atoms with Gasteiger partial charge in [0.1, 0.15) is 5.82 Å². The molecule has 0 bridgehead atoms. The van der Waals surface area contributed by atoms with Crippen LogP contribution in [0.4, 0.5) is 5.69 Å². The van der Waals surface area contributed by atoms with Crippen LogP contribution in [0.1, 0.15) is 37.4 Å². The average molecular weight is 433 g/mol. The molecule has 0 spiro atoms. The first kappa shape index (κ1) is 19.8. The molecular formula is C20H21ClN4O3S. The van der Waals surface area contributed by atoms with Crippen molar-refractivity contribution in [3.63, 3.8) is 0 Å². The van der Waals surface area contributed by atoms with Gasteiger partial charge in [-0.3, -0.25) is 4.79 Å². The zero-order chi connectivity index (χ0) is 20.6. The van der Waals surface area contributed by atoms with E-state index in [4.69, 9.17) is 11.6 Å². The molecule has 0 aliphatic heterocycles. The third-order valence-corrected chi connectivity index (χ3v) is 6.54. The van der Waals surface area contributed by atoms with Crippen molar-refractivity contribution in [2.75, 3.05) is 11.6 Å². The second-order valence-corrected chi connectivity index (χ2v) is 9.83. The molecule has 4 rings (SSSR count). The summed E-state index contributed by atoms with van der Waals surface area (Å²) in [6.07, 6.45) is 6.12. The van der Waals surface area contributed by atoms with Crippen LogP contribution < -0.4 is 5.32 Å². The van der Waals surface area contributed by atoms with Crippen LogP contribution in [0.15, 0.2) is 41.6 Å². The normalized spacial score (nSPS) is 19.9. The van der Waals surface area contributed by atoms with Crippen LogP contribution in [-0.2, 0) is 14.6 Å². The third kappa shape index (κ3) is 4.28. The monoisotopic (exact) mass is 432 g/mol. The van der Waals surface area contributed by atoms with E-state index in [1.165, 1.54) is 12.3 Å². The van der Waals surface area contributed by atoms with Gasteiger partial charge >= 0.3 is 0 Å². The van der Waals surface area contributed by atoms with Crippen LogP contribution in [0.2, 0.25) is 5.02 Å². The molecule has 2 atom stereocenters. The average Bonchev–Trinajstić information content (AvgIpc) is 3.10. The number of fused-ring (bicyclic) bond motifs is 1. The molecule has 1 aliphatic carbocycles. The molecule has 7 nitrogen and oxygen atoms in total. The number of nitrogens with zero attached hydrogens (tertiary/aromatic N) is 2. The minimum Gasteiger partial charge on any atom is -0.342 e. The Morgan fingerprint density at radius 3 is 2.72 bits per heavy atom. The van der Waals surface area contributed by atoms with Gasteiger partial charge in [-0.05, 0) is 43.2 Å². The molecule has 0 radical (unpaired) electrons. The van der Waals surface area contributed by atoms with Crippen LogP contribution in [0.3, 0.4) is 0 Å². The van der Waals surface area contributed by atoms with Crippen molar-refractivity contribution in [2.45, 2.75) is 36.6 Å². The van der Waals surface area contributed by atoms with Gasteiger partial charge in [0, 0.05) is 23.1 Å². The van der Waals surface area contributed by atoms with Crippen molar-refractivity contribution in [2.24, 2.45) is 5.92 Å². The molecule has 1 amide bonds. The number of H-pyrrole nitrogens is 1. The number of anilines is 1. The maximum atomic E-state index is 13.0. The summed E-state index contributed by atoms with van der Waals surface area (Å²) in [5, 5.41) is 3.49. The number of halogens is 1. The van der Waals surface area contributed by atoms with Crippen LogP contribution in [0, 0.1) is 5.92 Å². The first-order chi connectivity index (χ1) is 13.8. The number of carbonyl (C=O) groups is 1. The Labute approximate surface area is 173 Å². The lowest BCUT2D eigenvalue weighted by Gasteiger charge is -2.29. The molecule has 29 heavy (non-hydrogen) atoms. The van der Waals surface area contributed by atoms with Crippen molar-refractivity contribution in [1.29, 1.82) is 0 Å². The number of sulfone groups is 1. The Hall–Kier alpha value is -2.45. The molecule has 2 heterocycles. The van der Waals surface area contributed by atoms with E-state index in [0.717, 1.165) is 48.8 Å². The van der Waals surface area contributed by atoms with Crippen LogP contribution in [0.25, 0.3) is 11.0 Å². The lowest BCUT2D eigenvalue weighted by atomic mass is 9.78. The molecule has 152 valence electrons. The molecule has 0 saturated heterocycles. The SMILES string of the molecule is CS(=O)(=O)c1ccc(NC(=O)[C@@H]2CCCC[C@H]2c2nc3ccc(Cl)cc3[nH]2)cn1. The number of pyridine rings is 1. The van der Waals surface area contributed by atoms with Gasteiger partial charge in [-0.25, -0.2) is 18.4 Å². The lowest BCUT2D eigenvalue weighted by molar-refractivity contribution is -0.121. The van der Waals surface area contributed by atoms with Crippen LogP contribution in [-0.4, -0.2) is 35.5 Å². The fraction of sp³-hybridized carbons (Fsp3) is 0.350. The highest BCUT2D eigenvalue weighted by molar-refractivity contribution is 7.90. The molecule has 2 N–H and O–H groups in total. The smallest absolute Gasteiger partial charge is 0.228 e. The quantitative estimate of drug-likeness (QED) is 0.649. The van der Waals surface area contributed by atoms with E-state index in [1.807, 2.05) is 12.1 Å². The summed E-state index contributed by atoms with van der Waals surface area (Å²) in [4.78, 5) is 24.9. The molecule has 3 aromatic rings. The number of amides is 1. The van der Waals surface area contributed by atoms with Crippen molar-refractivity contribution in [3.8, 4) is 0 Å². The highest BCUT2D eigenvalue weighted by atomic mass is 35.5. The summed E-state index contributed by atoms with van der Waals surface area (Å²) in [5.74, 6) is 0.447.